The SMILES string of the molecule is O=C(NCCCCN1CCCC1)Nc1snc(OCc2c(F)cc(Br)cc2F)c1C(=O)O.O=C(NCCCCN1CCCC1)Nc1snc(OCc2c(F)cc(Br)cc2F)c1C(=O)O.O=C(O)CC(O)(CC(=O)O)C(=O)O. The number of anilines is 2. The molecule has 10 N–H and O–H groups in total. The molecule has 422 valence electrons. The number of aliphatic carboxylic acids is 3. The van der Waals surface area contributed by atoms with Gasteiger partial charge in [0.15, 0.2) is 16.7 Å². The molecule has 0 unspecified atom stereocenters. The first-order valence-electron chi connectivity index (χ1n) is 23.4. The zero-order chi connectivity index (χ0) is 56.8. The number of nitrogens with zero attached hydrogens (tertiary/aromatic N) is 4. The van der Waals surface area contributed by atoms with Gasteiger partial charge in [-0.15, -0.1) is 0 Å². The maximum Gasteiger partial charge on any atom is 0.344 e. The normalized spacial score (nSPS) is 13.3. The van der Waals surface area contributed by atoms with Crippen molar-refractivity contribution in [2.45, 2.75) is 83.0 Å². The van der Waals surface area contributed by atoms with E-state index in [9.17, 15) is 61.3 Å². The zero-order valence-corrected chi connectivity index (χ0v) is 45.5. The Bertz CT molecular complexity index is 2500. The number of carbonyl (C=O) groups is 7. The lowest BCUT2D eigenvalue weighted by molar-refractivity contribution is -0.170. The number of hydrogen-bond acceptors (Lipinski definition) is 16. The van der Waals surface area contributed by atoms with Gasteiger partial charge in [0.25, 0.3) is 0 Å². The summed E-state index contributed by atoms with van der Waals surface area (Å²) in [6, 6.07) is 3.17. The molecule has 6 rings (SSSR count). The summed E-state index contributed by atoms with van der Waals surface area (Å²) in [5.41, 5.74) is -4.22. The minimum absolute atomic E-state index is 0.0289. The average molecular weight is 1260 g/mol. The summed E-state index contributed by atoms with van der Waals surface area (Å²) in [6.07, 6.45) is 6.18. The van der Waals surface area contributed by atoms with E-state index in [2.05, 4.69) is 71.7 Å². The van der Waals surface area contributed by atoms with Crippen LogP contribution < -0.4 is 30.7 Å². The number of carbonyl (C=O) groups excluding carboxylic acids is 2. The second kappa shape index (κ2) is 31.2. The molecule has 31 heteroatoms. The lowest BCUT2D eigenvalue weighted by Gasteiger charge is -2.18. The van der Waals surface area contributed by atoms with Crippen molar-refractivity contribution in [2.75, 3.05) is 63.0 Å². The van der Waals surface area contributed by atoms with Gasteiger partial charge in [-0.1, -0.05) is 31.9 Å². The molecule has 4 aromatic rings. The Morgan fingerprint density at radius 2 is 0.922 bits per heavy atom. The number of ether oxygens (including phenoxy) is 2. The molecule has 0 spiro atoms. The van der Waals surface area contributed by atoms with Gasteiger partial charge in [0, 0.05) is 22.0 Å². The first kappa shape index (κ1) is 63.3. The van der Waals surface area contributed by atoms with E-state index < -0.39 is 96.8 Å². The third-order valence-electron chi connectivity index (χ3n) is 11.2. The number of aromatic carboxylic acids is 2. The molecule has 4 amide bonds. The lowest BCUT2D eigenvalue weighted by Crippen LogP contribution is -2.42. The summed E-state index contributed by atoms with van der Waals surface area (Å²) in [7, 11) is 0. The Hall–Kier alpha value is -6.25. The Labute approximate surface area is 461 Å². The van der Waals surface area contributed by atoms with Gasteiger partial charge in [-0.3, -0.25) is 20.2 Å². The van der Waals surface area contributed by atoms with Crippen LogP contribution in [0.2, 0.25) is 0 Å². The minimum atomic E-state index is -2.74. The maximum atomic E-state index is 14.0. The van der Waals surface area contributed by atoms with Crippen molar-refractivity contribution in [1.29, 1.82) is 0 Å². The molecule has 2 aliphatic heterocycles. The van der Waals surface area contributed by atoms with Crippen LogP contribution in [0.4, 0.5) is 37.2 Å². The molecule has 0 saturated carbocycles. The molecule has 0 atom stereocenters. The van der Waals surface area contributed by atoms with Gasteiger partial charge in [-0.25, -0.2) is 41.5 Å². The summed E-state index contributed by atoms with van der Waals surface area (Å²) in [5.74, 6) is -11.8. The van der Waals surface area contributed by atoms with Crippen molar-refractivity contribution < 1.29 is 91.2 Å². The number of urea groups is 2. The predicted molar refractivity (Wildman–Crippen MR) is 276 cm³/mol. The maximum absolute atomic E-state index is 14.0. The Kier molecular flexibility index (Phi) is 25.7. The number of rotatable bonds is 25. The number of likely N-dealkylation sites (tertiary alicyclic amines) is 2. The number of nitrogens with one attached hydrogen (secondary N) is 4. The molecule has 2 saturated heterocycles. The molecule has 0 aliphatic carbocycles. The van der Waals surface area contributed by atoms with E-state index in [-0.39, 0.29) is 53.0 Å². The Balaban J connectivity index is 0.000000272. The molecular formula is C46H54Br2F4N8O15S2. The van der Waals surface area contributed by atoms with Crippen LogP contribution in [0, 0.1) is 23.3 Å². The quantitative estimate of drug-likeness (QED) is 0.0225. The lowest BCUT2D eigenvalue weighted by atomic mass is 9.96. The van der Waals surface area contributed by atoms with Crippen molar-refractivity contribution in [1.82, 2.24) is 29.2 Å². The molecule has 2 aromatic carbocycles. The first-order chi connectivity index (χ1) is 36.5. The summed E-state index contributed by atoms with van der Waals surface area (Å²) in [5, 5.41) is 63.0. The Morgan fingerprint density at radius 3 is 1.22 bits per heavy atom. The number of benzene rings is 2. The zero-order valence-electron chi connectivity index (χ0n) is 40.7. The second-order valence-corrected chi connectivity index (χ2v) is 20.4. The van der Waals surface area contributed by atoms with Crippen molar-refractivity contribution in [3.63, 3.8) is 0 Å². The molecule has 4 heterocycles. The highest BCUT2D eigenvalue weighted by Crippen LogP contribution is 2.33. The third-order valence-corrected chi connectivity index (χ3v) is 13.6. The van der Waals surface area contributed by atoms with E-state index in [0.717, 1.165) is 89.2 Å². The summed E-state index contributed by atoms with van der Waals surface area (Å²) in [6.45, 7) is 6.30. The molecular weight excluding hydrogens is 1200 g/mol. The predicted octanol–water partition coefficient (Wildman–Crippen LogP) is 7.67. The fourth-order valence-corrected chi connectivity index (χ4v) is 9.59. The molecule has 2 aliphatic rings. The van der Waals surface area contributed by atoms with E-state index in [1.54, 1.807) is 0 Å². The molecule has 77 heavy (non-hydrogen) atoms. The summed E-state index contributed by atoms with van der Waals surface area (Å²) >= 11 is 7.39. The van der Waals surface area contributed by atoms with Crippen LogP contribution in [0.25, 0.3) is 0 Å². The number of carboxylic acids is 5. The van der Waals surface area contributed by atoms with Gasteiger partial charge in [-0.2, -0.15) is 8.75 Å². The highest BCUT2D eigenvalue weighted by molar-refractivity contribution is 9.10. The monoisotopic (exact) mass is 1260 g/mol. The topological polar surface area (TPSA) is 340 Å². The fraction of sp³-hybridized carbons (Fsp3) is 0.457. The van der Waals surface area contributed by atoms with E-state index in [1.807, 2.05) is 0 Å². The van der Waals surface area contributed by atoms with Gasteiger partial charge in [0.2, 0.25) is 11.8 Å². The van der Waals surface area contributed by atoms with Crippen molar-refractivity contribution in [2.24, 2.45) is 0 Å². The molecule has 2 fully saturated rings. The second-order valence-electron chi connectivity index (χ2n) is 17.0. The smallest absolute Gasteiger partial charge is 0.344 e. The number of halogens is 6. The number of aliphatic hydroxyl groups is 1. The van der Waals surface area contributed by atoms with Crippen LogP contribution in [0.5, 0.6) is 11.8 Å². The van der Waals surface area contributed by atoms with Crippen molar-refractivity contribution in [3.8, 4) is 11.8 Å². The summed E-state index contributed by atoms with van der Waals surface area (Å²) in [4.78, 5) is 82.8. The van der Waals surface area contributed by atoms with E-state index in [4.69, 9.17) is 29.9 Å². The van der Waals surface area contributed by atoms with E-state index >= 15 is 0 Å². The van der Waals surface area contributed by atoms with E-state index in [0.29, 0.717) is 36.2 Å². The fourth-order valence-electron chi connectivity index (χ4n) is 7.34. The number of unbranched alkanes of at least 4 members (excludes halogenated alkanes) is 2. The first-order valence-corrected chi connectivity index (χ1v) is 26.5. The molecule has 0 radical (unpaired) electrons. The van der Waals surface area contributed by atoms with Crippen LogP contribution in [0.3, 0.4) is 0 Å². The highest BCUT2D eigenvalue weighted by atomic mass is 79.9. The van der Waals surface area contributed by atoms with Crippen LogP contribution in [-0.2, 0) is 27.6 Å². The Morgan fingerprint density at radius 1 is 0.584 bits per heavy atom. The minimum Gasteiger partial charge on any atom is -0.481 e. The van der Waals surface area contributed by atoms with Gasteiger partial charge >= 0.3 is 41.9 Å². The average Bonchev–Trinajstić information content (AvgIpc) is 4.18. The van der Waals surface area contributed by atoms with Crippen molar-refractivity contribution in [3.05, 3.63) is 78.7 Å². The van der Waals surface area contributed by atoms with Crippen molar-refractivity contribution >= 4 is 107 Å². The van der Waals surface area contributed by atoms with Crippen LogP contribution in [-0.4, -0.2) is 149 Å². The number of aromatic nitrogens is 2. The molecule has 0 bridgehead atoms. The number of hydrogen-bond donors (Lipinski definition) is 10. The molecule has 2 aromatic heterocycles. The highest BCUT2D eigenvalue weighted by Gasteiger charge is 2.41. The van der Waals surface area contributed by atoms with Crippen LogP contribution in [0.1, 0.15) is 96.1 Å². The van der Waals surface area contributed by atoms with Crippen LogP contribution >= 0.6 is 54.9 Å². The van der Waals surface area contributed by atoms with Crippen LogP contribution in [0.15, 0.2) is 33.2 Å². The van der Waals surface area contributed by atoms with Gasteiger partial charge in [0.1, 0.15) is 46.5 Å². The molecule has 23 nitrogen and oxygen atoms in total. The third kappa shape index (κ3) is 20.9. The van der Waals surface area contributed by atoms with Gasteiger partial charge in [-0.05, 0) is 138 Å². The largest absolute Gasteiger partial charge is 0.481 e. The standard InChI is InChI=1S/2C20H23BrF2N4O4S.C6H8O7/c2*21-12-9-14(22)13(15(23)10-12)11-31-17-16(19(28)29)18(32-26-17)25-20(30)24-5-1-2-6-27-7-3-4-8-27;7-3(8)1-6(13,5(11)12)2-4(9)10/h2*9-10H,1-8,11H2,(H,28,29)(H2,24,25,30);13H,1-2H2,(H,7,8)(H,9,10)(H,11,12). The number of carboxylic acid groups (broad SMARTS) is 5. The van der Waals surface area contributed by atoms with Gasteiger partial charge in [0.05, 0.1) is 24.0 Å². The number of amides is 4. The van der Waals surface area contributed by atoms with E-state index in [1.165, 1.54) is 25.7 Å². The summed E-state index contributed by atoms with van der Waals surface area (Å²) < 4.78 is 74.5. The van der Waals surface area contributed by atoms with Gasteiger partial charge < -0.3 is 60.5 Å².